The van der Waals surface area contributed by atoms with Crippen molar-refractivity contribution < 1.29 is 64.2 Å². The van der Waals surface area contributed by atoms with E-state index in [0.717, 1.165) is 0 Å². The second kappa shape index (κ2) is 9.68. The first-order chi connectivity index (χ1) is 18.1. The topological polar surface area (TPSA) is 156 Å². The Morgan fingerprint density at radius 2 is 1.59 bits per heavy atom. The summed E-state index contributed by atoms with van der Waals surface area (Å²) in [5.41, 5.74) is 0.0836. The highest BCUT2D eigenvalue weighted by Crippen LogP contribution is 2.59. The molecule has 1 N–H and O–H groups in total. The average molecular weight is 797 g/mol. The van der Waals surface area contributed by atoms with Crippen molar-refractivity contribution in [2.24, 2.45) is 23.7 Å². The van der Waals surface area contributed by atoms with Crippen molar-refractivity contribution in [2.75, 3.05) is 0 Å². The third kappa shape index (κ3) is 4.44. The average Bonchev–Trinajstić information content (AvgIpc) is 3.43. The van der Waals surface area contributed by atoms with E-state index in [-0.39, 0.29) is 17.7 Å². The van der Waals surface area contributed by atoms with Gasteiger partial charge in [-0.2, -0.15) is 8.78 Å². The van der Waals surface area contributed by atoms with Crippen LogP contribution in [0.4, 0.5) is 17.6 Å². The minimum Gasteiger partial charge on any atom is -0.744 e. The van der Waals surface area contributed by atoms with Crippen molar-refractivity contribution in [1.82, 2.24) is 0 Å². The van der Waals surface area contributed by atoms with E-state index in [1.807, 2.05) is 0 Å². The van der Waals surface area contributed by atoms with Gasteiger partial charge in [-0.25, -0.2) is 22.0 Å². The number of hydrogen-bond donors (Lipinski definition) is 1. The molecule has 1 aliphatic heterocycles. The molecular formula is C22H11F4I2O10S-. The molecule has 208 valence electrons. The predicted octanol–water partition coefficient (Wildman–Crippen LogP) is 3.00. The van der Waals surface area contributed by atoms with Crippen LogP contribution in [0.3, 0.4) is 0 Å². The zero-order chi connectivity index (χ0) is 28.7. The number of rotatable bonds is 5. The SMILES string of the molecule is O=C(OC1C2CC3C1OC(=O)C3C2C(=O)Oc1c(F)c(F)c(S(=O)(=O)[O-])c(F)c1F)c1c(I)cc(O)cc1I. The quantitative estimate of drug-likeness (QED) is 0.119. The highest BCUT2D eigenvalue weighted by atomic mass is 127. The van der Waals surface area contributed by atoms with E-state index in [4.69, 9.17) is 9.47 Å². The van der Waals surface area contributed by atoms with Gasteiger partial charge in [0.2, 0.25) is 17.4 Å². The predicted molar refractivity (Wildman–Crippen MR) is 131 cm³/mol. The molecule has 6 unspecified atom stereocenters. The second-order valence-electron chi connectivity index (χ2n) is 8.96. The molecule has 2 bridgehead atoms. The molecule has 0 spiro atoms. The van der Waals surface area contributed by atoms with Gasteiger partial charge in [-0.1, -0.05) is 0 Å². The van der Waals surface area contributed by atoms with Crippen molar-refractivity contribution in [1.29, 1.82) is 0 Å². The third-order valence-electron chi connectivity index (χ3n) is 6.93. The lowest BCUT2D eigenvalue weighted by molar-refractivity contribution is -0.150. The zero-order valence-corrected chi connectivity index (χ0v) is 23.8. The first kappa shape index (κ1) is 28.3. The van der Waals surface area contributed by atoms with E-state index in [1.165, 1.54) is 12.1 Å². The minimum atomic E-state index is -5.99. The Balaban J connectivity index is 1.45. The van der Waals surface area contributed by atoms with Crippen molar-refractivity contribution >= 4 is 73.2 Å². The maximum absolute atomic E-state index is 14.4. The smallest absolute Gasteiger partial charge is 0.340 e. The molecule has 3 fully saturated rings. The van der Waals surface area contributed by atoms with Gasteiger partial charge in [-0.3, -0.25) is 9.59 Å². The molecular weight excluding hydrogens is 786 g/mol. The van der Waals surface area contributed by atoms with Crippen LogP contribution < -0.4 is 4.74 Å². The minimum absolute atomic E-state index is 0.0836. The molecule has 2 aromatic carbocycles. The second-order valence-corrected chi connectivity index (χ2v) is 12.6. The van der Waals surface area contributed by atoms with Crippen LogP contribution >= 0.6 is 45.2 Å². The number of halogens is 6. The molecule has 0 amide bonds. The highest BCUT2D eigenvalue weighted by molar-refractivity contribution is 14.1. The van der Waals surface area contributed by atoms with Gasteiger partial charge in [-0.15, -0.1) is 0 Å². The maximum Gasteiger partial charge on any atom is 0.340 e. The molecule has 39 heavy (non-hydrogen) atoms. The number of carbonyl (C=O) groups is 3. The summed E-state index contributed by atoms with van der Waals surface area (Å²) >= 11 is 3.59. The summed E-state index contributed by atoms with van der Waals surface area (Å²) in [6.07, 6.45) is -2.03. The van der Waals surface area contributed by atoms with Crippen LogP contribution in [0.2, 0.25) is 0 Å². The monoisotopic (exact) mass is 797 g/mol. The van der Waals surface area contributed by atoms with E-state index < -0.39 is 97.8 Å². The highest BCUT2D eigenvalue weighted by Gasteiger charge is 2.70. The van der Waals surface area contributed by atoms with Crippen LogP contribution in [0.1, 0.15) is 16.8 Å². The number of hydrogen-bond acceptors (Lipinski definition) is 10. The lowest BCUT2D eigenvalue weighted by atomic mass is 9.78. The van der Waals surface area contributed by atoms with Crippen molar-refractivity contribution in [3.05, 3.63) is 48.1 Å². The van der Waals surface area contributed by atoms with E-state index in [9.17, 15) is 50.0 Å². The number of aromatic hydroxyl groups is 1. The van der Waals surface area contributed by atoms with E-state index >= 15 is 0 Å². The van der Waals surface area contributed by atoms with E-state index in [2.05, 4.69) is 4.74 Å². The van der Waals surface area contributed by atoms with Gasteiger partial charge < -0.3 is 23.9 Å². The fraction of sp³-hybridized carbons (Fsp3) is 0.318. The Morgan fingerprint density at radius 1 is 1.03 bits per heavy atom. The molecule has 1 heterocycles. The number of fused-ring (bicyclic) bond motifs is 1. The molecule has 2 saturated carbocycles. The number of phenolic OH excluding ortho intramolecular Hbond substituents is 1. The fourth-order valence-corrected chi connectivity index (χ4v) is 8.27. The number of benzene rings is 2. The van der Waals surface area contributed by atoms with Gasteiger partial charge in [0.15, 0.2) is 11.6 Å². The molecule has 17 heteroatoms. The van der Waals surface area contributed by atoms with Crippen LogP contribution in [0.5, 0.6) is 11.5 Å². The molecule has 2 aliphatic carbocycles. The molecule has 10 nitrogen and oxygen atoms in total. The maximum atomic E-state index is 14.4. The first-order valence-electron chi connectivity index (χ1n) is 10.8. The Bertz CT molecular complexity index is 1530. The summed E-state index contributed by atoms with van der Waals surface area (Å²) in [6.45, 7) is 0. The van der Waals surface area contributed by atoms with Crippen LogP contribution in [0, 0.1) is 54.1 Å². The molecule has 0 aromatic heterocycles. The van der Waals surface area contributed by atoms with Gasteiger partial charge in [0.25, 0.3) is 0 Å². The van der Waals surface area contributed by atoms with Gasteiger partial charge in [-0.05, 0) is 63.7 Å². The summed E-state index contributed by atoms with van der Waals surface area (Å²) in [5, 5.41) is 9.71. The van der Waals surface area contributed by atoms with Gasteiger partial charge in [0.05, 0.1) is 17.4 Å². The number of carbonyl (C=O) groups excluding carboxylic acids is 3. The molecule has 3 aliphatic rings. The Kier molecular flexibility index (Phi) is 7.02. The largest absolute Gasteiger partial charge is 0.744 e. The van der Waals surface area contributed by atoms with Gasteiger partial charge in [0, 0.05) is 19.0 Å². The lowest BCUT2D eigenvalue weighted by Gasteiger charge is -2.30. The van der Waals surface area contributed by atoms with Crippen molar-refractivity contribution in [3.8, 4) is 11.5 Å². The van der Waals surface area contributed by atoms with Crippen LogP contribution in [0.25, 0.3) is 0 Å². The van der Waals surface area contributed by atoms with Gasteiger partial charge >= 0.3 is 17.9 Å². The molecule has 5 rings (SSSR count). The summed E-state index contributed by atoms with van der Waals surface area (Å²) < 4.78 is 106. The third-order valence-corrected chi connectivity index (χ3v) is 9.49. The molecule has 1 saturated heterocycles. The fourth-order valence-electron chi connectivity index (χ4n) is 5.48. The number of phenols is 1. The normalized spacial score (nSPS) is 27.0. The lowest BCUT2D eigenvalue weighted by Crippen LogP contribution is -2.44. The van der Waals surface area contributed by atoms with E-state index in [1.54, 1.807) is 45.2 Å². The summed E-state index contributed by atoms with van der Waals surface area (Å²) in [6, 6.07) is 2.60. The molecule has 2 aromatic rings. The van der Waals surface area contributed by atoms with Crippen LogP contribution in [0.15, 0.2) is 17.0 Å². The Labute approximate surface area is 243 Å². The van der Waals surface area contributed by atoms with Crippen molar-refractivity contribution in [3.63, 3.8) is 0 Å². The first-order valence-corrected chi connectivity index (χ1v) is 14.3. The summed E-state index contributed by atoms with van der Waals surface area (Å²) in [4.78, 5) is 36.1. The van der Waals surface area contributed by atoms with Crippen LogP contribution in [-0.2, 0) is 29.2 Å². The van der Waals surface area contributed by atoms with Crippen molar-refractivity contribution in [2.45, 2.75) is 23.5 Å². The summed E-state index contributed by atoms with van der Waals surface area (Å²) in [7, 11) is -5.99. The summed E-state index contributed by atoms with van der Waals surface area (Å²) in [5.74, 6) is -19.7. The number of esters is 3. The number of ether oxygens (including phenoxy) is 3. The Morgan fingerprint density at radius 3 is 2.13 bits per heavy atom. The molecule has 6 atom stereocenters. The zero-order valence-electron chi connectivity index (χ0n) is 18.6. The van der Waals surface area contributed by atoms with E-state index in [0.29, 0.717) is 7.14 Å². The van der Waals surface area contributed by atoms with Crippen LogP contribution in [-0.4, -0.2) is 48.2 Å². The molecule has 0 radical (unpaired) electrons. The standard InChI is InChI=1S/C22H12F4I2O10S/c23-12-14(25)19(39(33,34)35)15(26)13(24)18(12)38-21(31)10-6-3-5-9(10)20(30)36-16(5)17(6)37-22(32)11-7(27)1-4(29)2-8(11)28/h1-2,5-6,9-10,16-17,29H,3H2,(H,33,34,35)/p-1. The van der Waals surface area contributed by atoms with Gasteiger partial charge in [0.1, 0.15) is 33.0 Å². The Hall–Kier alpha value is -2.26.